The first-order valence-electron chi connectivity index (χ1n) is 10.0. The van der Waals surface area contributed by atoms with Crippen molar-refractivity contribution in [3.8, 4) is 5.75 Å². The molecule has 2 aromatic carbocycles. The van der Waals surface area contributed by atoms with Crippen molar-refractivity contribution >= 4 is 53.7 Å². The number of halogens is 3. The van der Waals surface area contributed by atoms with Crippen LogP contribution in [0.2, 0.25) is 5.02 Å². The van der Waals surface area contributed by atoms with Gasteiger partial charge in [-0.15, -0.1) is 24.8 Å². The van der Waals surface area contributed by atoms with Crippen LogP contribution in [-0.4, -0.2) is 55.2 Å². The number of amides is 1. The number of phenols is 1. The number of nitrogens with zero attached hydrogens (tertiary/aromatic N) is 3. The van der Waals surface area contributed by atoms with Gasteiger partial charge >= 0.3 is 0 Å². The second-order valence-electron chi connectivity index (χ2n) is 7.48. The molecule has 2 aliphatic rings. The number of hydrogen-bond acceptors (Lipinski definition) is 4. The molecule has 5 nitrogen and oxygen atoms in total. The molecule has 0 aromatic heterocycles. The largest absolute Gasteiger partial charge is 0.506 e. The Morgan fingerprint density at radius 1 is 0.833 bits per heavy atom. The third-order valence-corrected chi connectivity index (χ3v) is 6.02. The summed E-state index contributed by atoms with van der Waals surface area (Å²) in [4.78, 5) is 19.2. The third-order valence-electron chi connectivity index (χ3n) is 5.69. The number of rotatable bonds is 3. The Morgan fingerprint density at radius 3 is 2.17 bits per heavy atom. The summed E-state index contributed by atoms with van der Waals surface area (Å²) in [6, 6.07) is 13.1. The van der Waals surface area contributed by atoms with Crippen LogP contribution in [0.25, 0.3) is 0 Å². The van der Waals surface area contributed by atoms with Crippen molar-refractivity contribution in [1.82, 2.24) is 4.90 Å². The topological polar surface area (TPSA) is 47.0 Å². The summed E-state index contributed by atoms with van der Waals surface area (Å²) in [7, 11) is 0. The molecule has 2 aromatic rings. The maximum Gasteiger partial charge on any atom is 0.255 e. The summed E-state index contributed by atoms with van der Waals surface area (Å²) in [5.41, 5.74) is 2.57. The Kier molecular flexibility index (Phi) is 8.95. The Balaban J connectivity index is 0.00000160. The van der Waals surface area contributed by atoms with Gasteiger partial charge in [-0.2, -0.15) is 0 Å². The van der Waals surface area contributed by atoms with Gasteiger partial charge < -0.3 is 19.8 Å². The lowest BCUT2D eigenvalue weighted by atomic mass is 10.1. The molecule has 2 heterocycles. The first-order valence-corrected chi connectivity index (χ1v) is 10.4. The van der Waals surface area contributed by atoms with Crippen LogP contribution < -0.4 is 9.80 Å². The third kappa shape index (κ3) is 5.26. The maximum absolute atomic E-state index is 12.8. The summed E-state index contributed by atoms with van der Waals surface area (Å²) >= 11 is 6.18. The minimum atomic E-state index is -0.0310. The normalized spacial score (nSPS) is 16.5. The smallest absolute Gasteiger partial charge is 0.255 e. The highest BCUT2D eigenvalue weighted by atomic mass is 35.5. The number of aromatic hydroxyl groups is 1. The summed E-state index contributed by atoms with van der Waals surface area (Å²) in [6.45, 7) is 4.74. The van der Waals surface area contributed by atoms with Crippen LogP contribution in [0.15, 0.2) is 42.5 Å². The van der Waals surface area contributed by atoms with E-state index in [9.17, 15) is 9.90 Å². The van der Waals surface area contributed by atoms with Gasteiger partial charge in [0.2, 0.25) is 0 Å². The minimum Gasteiger partial charge on any atom is -0.506 e. The predicted molar refractivity (Wildman–Crippen MR) is 128 cm³/mol. The highest BCUT2D eigenvalue weighted by Gasteiger charge is 2.25. The first kappa shape index (κ1) is 24.4. The van der Waals surface area contributed by atoms with Crippen LogP contribution in [0.3, 0.4) is 0 Å². The monoisotopic (exact) mass is 471 g/mol. The summed E-state index contributed by atoms with van der Waals surface area (Å²) in [5, 5.41) is 10.9. The van der Waals surface area contributed by atoms with Gasteiger partial charge in [-0.3, -0.25) is 4.79 Å². The molecule has 1 amide bonds. The van der Waals surface area contributed by atoms with E-state index in [0.717, 1.165) is 18.8 Å². The van der Waals surface area contributed by atoms with Gasteiger partial charge in [0.15, 0.2) is 0 Å². The molecule has 1 N–H and O–H groups in total. The molecule has 0 bridgehead atoms. The molecular weight excluding hydrogens is 445 g/mol. The van der Waals surface area contributed by atoms with Crippen LogP contribution in [0.1, 0.15) is 29.6 Å². The van der Waals surface area contributed by atoms with Crippen LogP contribution in [0, 0.1) is 0 Å². The van der Waals surface area contributed by atoms with Gasteiger partial charge in [-0.1, -0.05) is 23.7 Å². The van der Waals surface area contributed by atoms with Gasteiger partial charge in [-0.25, -0.2) is 0 Å². The Labute approximate surface area is 195 Å². The number of hydrogen-bond donors (Lipinski definition) is 1. The zero-order chi connectivity index (χ0) is 19.5. The quantitative estimate of drug-likeness (QED) is 0.694. The van der Waals surface area contributed by atoms with Gasteiger partial charge in [0.05, 0.1) is 16.3 Å². The average molecular weight is 473 g/mol. The molecule has 0 atom stereocenters. The minimum absolute atomic E-state index is 0. The zero-order valence-corrected chi connectivity index (χ0v) is 19.2. The number of benzene rings is 2. The molecule has 2 aliphatic heterocycles. The van der Waals surface area contributed by atoms with E-state index < -0.39 is 0 Å². The van der Waals surface area contributed by atoms with Crippen molar-refractivity contribution in [2.45, 2.75) is 19.3 Å². The standard InChI is InChI=1S/C22H26ClN3O2.2ClH/c23-19-7-3-2-6-18(19)22(28)26-14-12-25(13-15-26)20-16-17(8-9-21(20)27)24-10-4-1-5-11-24;;/h2-3,6-9,16,27H,1,4-5,10-15H2;2*1H. The van der Waals surface area contributed by atoms with Crippen LogP contribution >= 0.6 is 36.4 Å². The van der Waals surface area contributed by atoms with Crippen molar-refractivity contribution < 1.29 is 9.90 Å². The number of piperidine rings is 1. The fourth-order valence-corrected chi connectivity index (χ4v) is 4.29. The van der Waals surface area contributed by atoms with Crippen molar-refractivity contribution in [1.29, 1.82) is 0 Å². The fraction of sp³-hybridized carbons (Fsp3) is 0.409. The predicted octanol–water partition coefficient (Wildman–Crippen LogP) is 4.84. The summed E-state index contributed by atoms with van der Waals surface area (Å²) in [5.74, 6) is 0.267. The maximum atomic E-state index is 12.8. The summed E-state index contributed by atoms with van der Waals surface area (Å²) < 4.78 is 0. The van der Waals surface area contributed by atoms with Crippen molar-refractivity contribution in [3.63, 3.8) is 0 Å². The molecule has 0 saturated carbocycles. The van der Waals surface area contributed by atoms with E-state index in [-0.39, 0.29) is 30.7 Å². The van der Waals surface area contributed by atoms with Gasteiger partial charge in [0.25, 0.3) is 5.91 Å². The lowest BCUT2D eigenvalue weighted by Gasteiger charge is -2.37. The zero-order valence-electron chi connectivity index (χ0n) is 16.8. The molecule has 4 rings (SSSR count). The highest BCUT2D eigenvalue weighted by Crippen LogP contribution is 2.33. The molecule has 0 spiro atoms. The Morgan fingerprint density at radius 2 is 1.50 bits per heavy atom. The SMILES string of the molecule is Cl.Cl.O=C(c1ccccc1Cl)N1CCN(c2cc(N3CCCCC3)ccc2O)CC1. The number of piperazine rings is 1. The van der Waals surface area contributed by atoms with E-state index in [1.54, 1.807) is 18.2 Å². The van der Waals surface area contributed by atoms with E-state index in [2.05, 4.69) is 15.9 Å². The van der Waals surface area contributed by atoms with Crippen molar-refractivity contribution in [2.75, 3.05) is 49.1 Å². The van der Waals surface area contributed by atoms with Gasteiger partial charge in [0, 0.05) is 45.0 Å². The second kappa shape index (κ2) is 11.0. The lowest BCUT2D eigenvalue weighted by molar-refractivity contribution is 0.0747. The van der Waals surface area contributed by atoms with Gasteiger partial charge in [0.1, 0.15) is 5.75 Å². The van der Waals surface area contributed by atoms with Crippen molar-refractivity contribution in [3.05, 3.63) is 53.1 Å². The van der Waals surface area contributed by atoms with E-state index in [1.807, 2.05) is 23.1 Å². The number of anilines is 2. The van der Waals surface area contributed by atoms with E-state index >= 15 is 0 Å². The molecule has 0 radical (unpaired) electrons. The highest BCUT2D eigenvalue weighted by molar-refractivity contribution is 6.33. The lowest BCUT2D eigenvalue weighted by Crippen LogP contribution is -2.49. The van der Waals surface area contributed by atoms with Crippen LogP contribution in [-0.2, 0) is 0 Å². The average Bonchev–Trinajstić information content (AvgIpc) is 2.75. The van der Waals surface area contributed by atoms with E-state index in [0.29, 0.717) is 42.5 Å². The van der Waals surface area contributed by atoms with E-state index in [4.69, 9.17) is 11.6 Å². The fourth-order valence-electron chi connectivity index (χ4n) is 4.07. The molecule has 0 unspecified atom stereocenters. The number of carbonyl (C=O) groups excluding carboxylic acids is 1. The first-order chi connectivity index (χ1) is 13.6. The van der Waals surface area contributed by atoms with E-state index in [1.165, 1.54) is 24.9 Å². The van der Waals surface area contributed by atoms with Gasteiger partial charge in [-0.05, 0) is 49.6 Å². The Bertz CT molecular complexity index is 851. The molecule has 164 valence electrons. The molecule has 0 aliphatic carbocycles. The van der Waals surface area contributed by atoms with Crippen LogP contribution in [0.4, 0.5) is 11.4 Å². The number of carbonyl (C=O) groups is 1. The molecular formula is C22H28Cl3N3O2. The molecule has 2 fully saturated rings. The Hall–Kier alpha value is -1.82. The summed E-state index contributed by atoms with van der Waals surface area (Å²) in [6.07, 6.45) is 3.74. The molecule has 2 saturated heterocycles. The van der Waals surface area contributed by atoms with Crippen molar-refractivity contribution in [2.24, 2.45) is 0 Å². The molecule has 8 heteroatoms. The van der Waals surface area contributed by atoms with Crippen LogP contribution in [0.5, 0.6) is 5.75 Å². The molecule has 30 heavy (non-hydrogen) atoms. The number of phenolic OH excluding ortho intramolecular Hbond substituents is 1. The second-order valence-corrected chi connectivity index (χ2v) is 7.89.